The maximum atomic E-state index is 12.4. The van der Waals surface area contributed by atoms with E-state index in [2.05, 4.69) is 31.3 Å². The van der Waals surface area contributed by atoms with Crippen molar-refractivity contribution in [3.05, 3.63) is 24.3 Å². The number of hydrogen-bond donors (Lipinski definition) is 3. The van der Waals surface area contributed by atoms with E-state index in [9.17, 15) is 19.8 Å². The van der Waals surface area contributed by atoms with Crippen LogP contribution in [0, 0.1) is 0 Å². The predicted octanol–water partition coefficient (Wildman–Crippen LogP) is 14.7. The van der Waals surface area contributed by atoms with Crippen LogP contribution in [0.4, 0.5) is 0 Å². The van der Waals surface area contributed by atoms with Gasteiger partial charge in [0.2, 0.25) is 5.91 Å². The molecule has 0 aromatic carbocycles. The molecule has 0 rings (SSSR count). The smallest absolute Gasteiger partial charge is 0.305 e. The Bertz CT molecular complexity index is 889. The van der Waals surface area contributed by atoms with Gasteiger partial charge >= 0.3 is 5.97 Å². The van der Waals surface area contributed by atoms with Gasteiger partial charge < -0.3 is 20.3 Å². The molecule has 0 bridgehead atoms. The van der Waals surface area contributed by atoms with Crippen LogP contribution >= 0.6 is 0 Å². The lowest BCUT2D eigenvalue weighted by molar-refractivity contribution is -0.143. The fourth-order valence-electron chi connectivity index (χ4n) is 7.57. The average Bonchev–Trinajstić information content (AvgIpc) is 3.21. The third-order valence-electron chi connectivity index (χ3n) is 11.5. The number of hydrogen-bond acceptors (Lipinski definition) is 5. The number of unbranched alkanes of at least 4 members (excludes halogenated alkanes) is 33. The number of ether oxygens (including phenoxy) is 1. The molecule has 6 nitrogen and oxygen atoms in total. The van der Waals surface area contributed by atoms with Gasteiger partial charge in [-0.2, -0.15) is 0 Å². The highest BCUT2D eigenvalue weighted by Gasteiger charge is 2.18. The summed E-state index contributed by atoms with van der Waals surface area (Å²) in [6, 6.07) is -0.645. The van der Waals surface area contributed by atoms with Gasteiger partial charge in [-0.1, -0.05) is 212 Å². The Kier molecular flexibility index (Phi) is 45.7. The first-order chi connectivity index (χ1) is 28.0. The molecule has 0 aliphatic rings. The second-order valence-electron chi connectivity index (χ2n) is 17.1. The van der Waals surface area contributed by atoms with E-state index < -0.39 is 12.1 Å². The summed E-state index contributed by atoms with van der Waals surface area (Å²) in [7, 11) is 0. The van der Waals surface area contributed by atoms with Crippen molar-refractivity contribution in [1.82, 2.24) is 5.32 Å². The molecule has 336 valence electrons. The van der Waals surface area contributed by atoms with Crippen LogP contribution in [-0.2, 0) is 14.3 Å². The largest absolute Gasteiger partial charge is 0.466 e. The Labute approximate surface area is 354 Å². The molecule has 0 saturated carbocycles. The van der Waals surface area contributed by atoms with E-state index in [0.29, 0.717) is 19.4 Å². The third-order valence-corrected chi connectivity index (χ3v) is 11.5. The zero-order valence-electron chi connectivity index (χ0n) is 38.1. The molecule has 0 saturated heterocycles. The minimum Gasteiger partial charge on any atom is -0.466 e. The number of rotatable bonds is 46. The van der Waals surface area contributed by atoms with Crippen LogP contribution in [-0.4, -0.2) is 47.4 Å². The van der Waals surface area contributed by atoms with E-state index in [1.807, 2.05) is 6.08 Å². The van der Waals surface area contributed by atoms with E-state index in [-0.39, 0.29) is 18.5 Å². The Hall–Kier alpha value is -1.66. The molecule has 6 heteroatoms. The molecule has 2 atom stereocenters. The number of aliphatic hydroxyl groups is 2. The van der Waals surface area contributed by atoms with Crippen molar-refractivity contribution in [2.75, 3.05) is 13.2 Å². The number of nitrogens with one attached hydrogen (secondary N) is 1. The van der Waals surface area contributed by atoms with Crippen molar-refractivity contribution in [1.29, 1.82) is 0 Å². The fourth-order valence-corrected chi connectivity index (χ4v) is 7.57. The number of allylic oxidation sites excluding steroid dienone is 3. The Morgan fingerprint density at radius 2 is 0.825 bits per heavy atom. The van der Waals surface area contributed by atoms with Crippen LogP contribution in [0.1, 0.15) is 264 Å². The van der Waals surface area contributed by atoms with Gasteiger partial charge in [0.05, 0.1) is 25.4 Å². The molecule has 0 aliphatic heterocycles. The standard InChI is InChI=1S/C51H97NO5/c1-3-5-7-9-11-13-15-17-19-23-27-31-35-39-43-49(54)48(47-53)52-50(55)44-40-36-32-28-24-21-22-26-30-34-38-42-46-57-51(56)45-41-37-33-29-25-20-18-16-14-12-10-8-6-4-2/h22,26,39,43,48-49,53-54H,3-21,23-25,27-38,40-42,44-47H2,1-2H3,(H,52,55)/b26-22-,43-39+. The van der Waals surface area contributed by atoms with Crippen molar-refractivity contribution in [2.24, 2.45) is 0 Å². The highest BCUT2D eigenvalue weighted by Crippen LogP contribution is 2.15. The van der Waals surface area contributed by atoms with Gasteiger partial charge in [0.25, 0.3) is 0 Å². The van der Waals surface area contributed by atoms with Crippen molar-refractivity contribution in [3.63, 3.8) is 0 Å². The number of esters is 1. The SMILES string of the molecule is CCCCCCCCCCCCCC/C=C/C(O)C(CO)NC(=O)CCCCCCC/C=C\CCCCCOC(=O)CCCCCCCCCCCCCCCC. The summed E-state index contributed by atoms with van der Waals surface area (Å²) in [5, 5.41) is 23.0. The van der Waals surface area contributed by atoms with E-state index in [4.69, 9.17) is 4.74 Å². The molecule has 0 aliphatic carbocycles. The lowest BCUT2D eigenvalue weighted by Gasteiger charge is -2.20. The van der Waals surface area contributed by atoms with Gasteiger partial charge in [-0.25, -0.2) is 0 Å². The topological polar surface area (TPSA) is 95.9 Å². The fraction of sp³-hybridized carbons (Fsp3) is 0.882. The number of carbonyl (C=O) groups excluding carboxylic acids is 2. The monoisotopic (exact) mass is 804 g/mol. The summed E-state index contributed by atoms with van der Waals surface area (Å²) in [5.41, 5.74) is 0. The van der Waals surface area contributed by atoms with Crippen molar-refractivity contribution >= 4 is 11.9 Å². The molecular formula is C51H97NO5. The van der Waals surface area contributed by atoms with Crippen LogP contribution in [0.25, 0.3) is 0 Å². The summed E-state index contributed by atoms with van der Waals surface area (Å²) in [6.07, 6.45) is 54.6. The van der Waals surface area contributed by atoms with E-state index >= 15 is 0 Å². The van der Waals surface area contributed by atoms with Gasteiger partial charge in [-0.05, 0) is 64.2 Å². The zero-order valence-corrected chi connectivity index (χ0v) is 38.1. The lowest BCUT2D eigenvalue weighted by Crippen LogP contribution is -2.45. The van der Waals surface area contributed by atoms with Crippen LogP contribution in [0.5, 0.6) is 0 Å². The average molecular weight is 804 g/mol. The third kappa shape index (κ3) is 43.7. The Balaban J connectivity index is 3.54. The van der Waals surface area contributed by atoms with Gasteiger partial charge in [0.1, 0.15) is 0 Å². The molecule has 0 aromatic heterocycles. The highest BCUT2D eigenvalue weighted by molar-refractivity contribution is 5.76. The predicted molar refractivity (Wildman–Crippen MR) is 246 cm³/mol. The molecule has 2 unspecified atom stereocenters. The molecule has 3 N–H and O–H groups in total. The van der Waals surface area contributed by atoms with Crippen molar-refractivity contribution < 1.29 is 24.5 Å². The maximum absolute atomic E-state index is 12.4. The van der Waals surface area contributed by atoms with Crippen LogP contribution in [0.3, 0.4) is 0 Å². The van der Waals surface area contributed by atoms with Gasteiger partial charge in [-0.15, -0.1) is 0 Å². The van der Waals surface area contributed by atoms with Gasteiger partial charge in [-0.3, -0.25) is 9.59 Å². The molecule has 0 heterocycles. The van der Waals surface area contributed by atoms with Crippen LogP contribution in [0.15, 0.2) is 24.3 Å². The lowest BCUT2D eigenvalue weighted by atomic mass is 10.0. The van der Waals surface area contributed by atoms with E-state index in [0.717, 1.165) is 77.0 Å². The van der Waals surface area contributed by atoms with Crippen LogP contribution < -0.4 is 5.32 Å². The van der Waals surface area contributed by atoms with Crippen molar-refractivity contribution in [2.45, 2.75) is 276 Å². The minimum atomic E-state index is -0.859. The summed E-state index contributed by atoms with van der Waals surface area (Å²) < 4.78 is 5.44. The number of aliphatic hydroxyl groups excluding tert-OH is 2. The molecule has 0 radical (unpaired) electrons. The second-order valence-corrected chi connectivity index (χ2v) is 17.1. The minimum absolute atomic E-state index is 0.0225. The quantitative estimate of drug-likeness (QED) is 0.0324. The summed E-state index contributed by atoms with van der Waals surface area (Å²) in [5.74, 6) is -0.116. The highest BCUT2D eigenvalue weighted by atomic mass is 16.5. The molecule has 1 amide bonds. The zero-order chi connectivity index (χ0) is 41.5. The van der Waals surface area contributed by atoms with E-state index in [1.165, 1.54) is 161 Å². The summed E-state index contributed by atoms with van der Waals surface area (Å²) in [4.78, 5) is 24.4. The first-order valence-corrected chi connectivity index (χ1v) is 25.1. The summed E-state index contributed by atoms with van der Waals surface area (Å²) in [6.45, 7) is 4.84. The van der Waals surface area contributed by atoms with E-state index in [1.54, 1.807) is 6.08 Å². The summed E-state index contributed by atoms with van der Waals surface area (Å²) >= 11 is 0. The molecule has 0 fully saturated rings. The molecule has 57 heavy (non-hydrogen) atoms. The Morgan fingerprint density at radius 1 is 0.474 bits per heavy atom. The number of carbonyl (C=O) groups is 2. The molecule has 0 spiro atoms. The van der Waals surface area contributed by atoms with Crippen LogP contribution in [0.2, 0.25) is 0 Å². The normalized spacial score (nSPS) is 12.8. The first-order valence-electron chi connectivity index (χ1n) is 25.1. The maximum Gasteiger partial charge on any atom is 0.305 e. The second kappa shape index (κ2) is 47.0. The first kappa shape index (κ1) is 55.3. The van der Waals surface area contributed by atoms with Crippen molar-refractivity contribution in [3.8, 4) is 0 Å². The molecule has 0 aromatic rings. The molecular weight excluding hydrogens is 707 g/mol. The number of amides is 1. The van der Waals surface area contributed by atoms with Gasteiger partial charge in [0.15, 0.2) is 0 Å². The van der Waals surface area contributed by atoms with Gasteiger partial charge in [0, 0.05) is 12.8 Å². The Morgan fingerprint density at radius 3 is 1.25 bits per heavy atom.